The number of fused-ring (bicyclic) bond motifs is 1. The molecule has 2 saturated carbocycles. The number of hydrogen-bond acceptors (Lipinski definition) is 3. The molecule has 6 heteroatoms. The maximum absolute atomic E-state index is 12.5. The van der Waals surface area contributed by atoms with Crippen LogP contribution in [0.4, 0.5) is 4.79 Å². The molecule has 2 aliphatic carbocycles. The second-order valence-electron chi connectivity index (χ2n) is 6.65. The Morgan fingerprint density at radius 2 is 2.05 bits per heavy atom. The Kier molecular flexibility index (Phi) is 4.08. The van der Waals surface area contributed by atoms with E-state index >= 15 is 0 Å². The standard InChI is InChI=1S/C15H24N2O3S/c1-21-15(6-7-15)9-16-14(20)17-11-5-3-2-4-10(11)8-12(17)13(18)19/h10-12H,2-9H2,1H3,(H,16,20)(H,18,19). The van der Waals surface area contributed by atoms with Crippen LogP contribution in [-0.4, -0.2) is 51.6 Å². The molecule has 3 fully saturated rings. The van der Waals surface area contributed by atoms with Gasteiger partial charge in [-0.25, -0.2) is 9.59 Å². The molecule has 3 aliphatic rings. The van der Waals surface area contributed by atoms with Crippen LogP contribution in [-0.2, 0) is 4.79 Å². The first-order valence-electron chi connectivity index (χ1n) is 7.90. The third kappa shape index (κ3) is 2.87. The monoisotopic (exact) mass is 312 g/mol. The fourth-order valence-electron chi connectivity index (χ4n) is 3.89. The molecule has 0 radical (unpaired) electrons. The zero-order chi connectivity index (χ0) is 15.0. The summed E-state index contributed by atoms with van der Waals surface area (Å²) >= 11 is 1.80. The molecule has 118 valence electrons. The van der Waals surface area contributed by atoms with Crippen molar-refractivity contribution in [1.29, 1.82) is 0 Å². The molecule has 1 saturated heterocycles. The highest BCUT2D eigenvalue weighted by Crippen LogP contribution is 2.46. The minimum Gasteiger partial charge on any atom is -0.480 e. The summed E-state index contributed by atoms with van der Waals surface area (Å²) in [6, 6.07) is -0.677. The number of amides is 2. The van der Waals surface area contributed by atoms with E-state index in [0.717, 1.165) is 32.1 Å². The van der Waals surface area contributed by atoms with Gasteiger partial charge >= 0.3 is 12.0 Å². The molecule has 1 heterocycles. The number of carboxylic acids is 1. The van der Waals surface area contributed by atoms with Gasteiger partial charge in [0.25, 0.3) is 0 Å². The molecule has 3 unspecified atom stereocenters. The predicted molar refractivity (Wildman–Crippen MR) is 82.5 cm³/mol. The van der Waals surface area contributed by atoms with Crippen molar-refractivity contribution in [1.82, 2.24) is 10.2 Å². The maximum Gasteiger partial charge on any atom is 0.326 e. The van der Waals surface area contributed by atoms with E-state index in [0.29, 0.717) is 18.9 Å². The molecule has 0 bridgehead atoms. The quantitative estimate of drug-likeness (QED) is 0.836. The van der Waals surface area contributed by atoms with Gasteiger partial charge in [0, 0.05) is 17.3 Å². The maximum atomic E-state index is 12.5. The van der Waals surface area contributed by atoms with Gasteiger partial charge < -0.3 is 15.3 Å². The average Bonchev–Trinajstić information content (AvgIpc) is 3.16. The lowest BCUT2D eigenvalue weighted by Crippen LogP contribution is -2.51. The predicted octanol–water partition coefficient (Wildman–Crippen LogP) is 2.31. The van der Waals surface area contributed by atoms with Crippen molar-refractivity contribution in [3.05, 3.63) is 0 Å². The number of hydrogen-bond donors (Lipinski definition) is 2. The molecule has 3 rings (SSSR count). The summed E-state index contributed by atoms with van der Waals surface area (Å²) in [4.78, 5) is 25.7. The Morgan fingerprint density at radius 1 is 1.33 bits per heavy atom. The summed E-state index contributed by atoms with van der Waals surface area (Å²) in [6.07, 6.45) is 9.27. The lowest BCUT2D eigenvalue weighted by Gasteiger charge is -2.33. The Morgan fingerprint density at radius 3 is 2.67 bits per heavy atom. The third-order valence-electron chi connectivity index (χ3n) is 5.41. The van der Waals surface area contributed by atoms with E-state index in [1.165, 1.54) is 6.42 Å². The number of urea groups is 1. The average molecular weight is 312 g/mol. The van der Waals surface area contributed by atoms with Crippen LogP contribution < -0.4 is 5.32 Å². The zero-order valence-corrected chi connectivity index (χ0v) is 13.3. The number of carbonyl (C=O) groups is 2. The highest BCUT2D eigenvalue weighted by Gasteiger charge is 2.48. The number of nitrogens with one attached hydrogen (secondary N) is 1. The summed E-state index contributed by atoms with van der Waals surface area (Å²) < 4.78 is 0.208. The second kappa shape index (κ2) is 5.71. The molecule has 2 amide bonds. The Hall–Kier alpha value is -0.910. The lowest BCUT2D eigenvalue weighted by atomic mass is 9.85. The lowest BCUT2D eigenvalue weighted by molar-refractivity contribution is -0.141. The number of carboxylic acid groups (broad SMARTS) is 1. The molecule has 5 nitrogen and oxygen atoms in total. The smallest absolute Gasteiger partial charge is 0.326 e. The van der Waals surface area contributed by atoms with Gasteiger partial charge in [-0.05, 0) is 44.3 Å². The molecule has 2 N–H and O–H groups in total. The number of likely N-dealkylation sites (tertiary alicyclic amines) is 1. The van der Waals surface area contributed by atoms with Gasteiger partial charge in [-0.2, -0.15) is 11.8 Å². The second-order valence-corrected chi connectivity index (χ2v) is 7.93. The van der Waals surface area contributed by atoms with E-state index in [-0.39, 0.29) is 16.8 Å². The molecule has 0 aromatic carbocycles. The first kappa shape index (κ1) is 15.0. The summed E-state index contributed by atoms with van der Waals surface area (Å²) in [5.74, 6) is -0.480. The Balaban J connectivity index is 1.67. The molecule has 0 aromatic rings. The van der Waals surface area contributed by atoms with Crippen molar-refractivity contribution in [3.63, 3.8) is 0 Å². The van der Waals surface area contributed by atoms with Crippen LogP contribution in [0.15, 0.2) is 0 Å². The van der Waals surface area contributed by atoms with E-state index in [9.17, 15) is 14.7 Å². The van der Waals surface area contributed by atoms with Crippen molar-refractivity contribution in [2.45, 2.75) is 61.8 Å². The number of aliphatic carboxylic acids is 1. The highest BCUT2D eigenvalue weighted by atomic mass is 32.2. The third-order valence-corrected chi connectivity index (χ3v) is 6.83. The van der Waals surface area contributed by atoms with Crippen LogP contribution in [0.1, 0.15) is 44.9 Å². The van der Waals surface area contributed by atoms with Crippen molar-refractivity contribution >= 4 is 23.8 Å². The number of nitrogens with zero attached hydrogens (tertiary/aromatic N) is 1. The Bertz CT molecular complexity index is 439. The van der Waals surface area contributed by atoms with Gasteiger partial charge in [0.15, 0.2) is 0 Å². The van der Waals surface area contributed by atoms with Gasteiger partial charge in [-0.1, -0.05) is 12.8 Å². The topological polar surface area (TPSA) is 69.6 Å². The zero-order valence-electron chi connectivity index (χ0n) is 12.5. The van der Waals surface area contributed by atoms with Crippen molar-refractivity contribution < 1.29 is 14.7 Å². The molecule has 0 aromatic heterocycles. The SMILES string of the molecule is CSC1(CNC(=O)N2C(C(=O)O)CC3CCCCC32)CC1. The summed E-state index contributed by atoms with van der Waals surface area (Å²) in [5, 5.41) is 12.4. The van der Waals surface area contributed by atoms with E-state index in [2.05, 4.69) is 11.6 Å². The minimum absolute atomic E-state index is 0.129. The van der Waals surface area contributed by atoms with E-state index < -0.39 is 12.0 Å². The highest BCUT2D eigenvalue weighted by molar-refractivity contribution is 8.00. The van der Waals surface area contributed by atoms with Gasteiger partial charge in [0.2, 0.25) is 0 Å². The summed E-state index contributed by atoms with van der Waals surface area (Å²) in [6.45, 7) is 0.660. The van der Waals surface area contributed by atoms with Gasteiger partial charge in [0.1, 0.15) is 6.04 Å². The first-order valence-corrected chi connectivity index (χ1v) is 9.13. The summed E-state index contributed by atoms with van der Waals surface area (Å²) in [5.41, 5.74) is 0. The van der Waals surface area contributed by atoms with Crippen molar-refractivity contribution in [2.24, 2.45) is 5.92 Å². The van der Waals surface area contributed by atoms with Crippen LogP contribution in [0.25, 0.3) is 0 Å². The molecule has 1 aliphatic heterocycles. The fraction of sp³-hybridized carbons (Fsp3) is 0.867. The molecule has 21 heavy (non-hydrogen) atoms. The van der Waals surface area contributed by atoms with Gasteiger partial charge in [-0.3, -0.25) is 0 Å². The van der Waals surface area contributed by atoms with Crippen LogP contribution in [0.2, 0.25) is 0 Å². The first-order chi connectivity index (χ1) is 10.1. The van der Waals surface area contributed by atoms with E-state index in [4.69, 9.17) is 0 Å². The largest absolute Gasteiger partial charge is 0.480 e. The van der Waals surface area contributed by atoms with E-state index in [1.54, 1.807) is 16.7 Å². The van der Waals surface area contributed by atoms with Gasteiger partial charge in [-0.15, -0.1) is 0 Å². The van der Waals surface area contributed by atoms with Crippen LogP contribution in [0, 0.1) is 5.92 Å². The number of thioether (sulfide) groups is 1. The van der Waals surface area contributed by atoms with Crippen LogP contribution in [0.3, 0.4) is 0 Å². The fourth-order valence-corrected chi connectivity index (χ4v) is 4.62. The normalized spacial score (nSPS) is 33.4. The number of rotatable bonds is 4. The van der Waals surface area contributed by atoms with E-state index in [1.807, 2.05) is 0 Å². The minimum atomic E-state index is -0.856. The number of carbonyl (C=O) groups excluding carboxylic acids is 1. The molecule has 3 atom stereocenters. The van der Waals surface area contributed by atoms with Crippen LogP contribution in [0.5, 0.6) is 0 Å². The summed E-state index contributed by atoms with van der Waals surface area (Å²) in [7, 11) is 0. The van der Waals surface area contributed by atoms with Crippen LogP contribution >= 0.6 is 11.8 Å². The van der Waals surface area contributed by atoms with Gasteiger partial charge in [0.05, 0.1) is 0 Å². The molecule has 0 spiro atoms. The molecular weight excluding hydrogens is 288 g/mol. The molecular formula is C15H24N2O3S. The Labute approximate surface area is 129 Å². The van der Waals surface area contributed by atoms with Crippen molar-refractivity contribution in [3.8, 4) is 0 Å². The van der Waals surface area contributed by atoms with Crippen molar-refractivity contribution in [2.75, 3.05) is 12.8 Å².